The van der Waals surface area contributed by atoms with Gasteiger partial charge in [0.25, 0.3) is 0 Å². The van der Waals surface area contributed by atoms with Crippen LogP contribution in [0.4, 0.5) is 11.5 Å². The lowest BCUT2D eigenvalue weighted by molar-refractivity contribution is -0.142. The van der Waals surface area contributed by atoms with Crippen LogP contribution in [0.1, 0.15) is 19.3 Å². The van der Waals surface area contributed by atoms with Crippen LogP contribution < -0.4 is 10.6 Å². The SMILES string of the molecule is COC(=O)C1CCCCN1c1ccnc(N)c1. The maximum atomic E-state index is 11.7. The molecule has 1 aliphatic rings. The standard InChI is InChI=1S/C12H17N3O2/c1-17-12(16)10-4-2-3-7-15(10)9-5-6-14-11(13)8-9/h5-6,8,10H,2-4,7H2,1H3,(H2,13,14). The molecule has 2 rings (SSSR count). The fraction of sp³-hybridized carbons (Fsp3) is 0.500. The first-order valence-electron chi connectivity index (χ1n) is 5.78. The van der Waals surface area contributed by atoms with Crippen LogP contribution in [0, 0.1) is 0 Å². The number of ether oxygens (including phenoxy) is 1. The van der Waals surface area contributed by atoms with Gasteiger partial charge in [-0.3, -0.25) is 0 Å². The number of carbonyl (C=O) groups is 1. The highest BCUT2D eigenvalue weighted by Gasteiger charge is 2.29. The van der Waals surface area contributed by atoms with Crippen molar-refractivity contribution in [2.75, 3.05) is 24.3 Å². The zero-order chi connectivity index (χ0) is 12.3. The van der Waals surface area contributed by atoms with E-state index in [1.54, 1.807) is 12.3 Å². The minimum Gasteiger partial charge on any atom is -0.467 e. The molecule has 1 aliphatic heterocycles. The molecule has 1 aromatic rings. The molecule has 92 valence electrons. The number of nitrogens with two attached hydrogens (primary N) is 1. The van der Waals surface area contributed by atoms with Crippen molar-refractivity contribution in [2.45, 2.75) is 25.3 Å². The summed E-state index contributed by atoms with van der Waals surface area (Å²) in [6.45, 7) is 0.850. The number of anilines is 2. The van der Waals surface area contributed by atoms with Crippen molar-refractivity contribution >= 4 is 17.5 Å². The molecular formula is C12H17N3O2. The van der Waals surface area contributed by atoms with Crippen LogP contribution >= 0.6 is 0 Å². The van der Waals surface area contributed by atoms with Gasteiger partial charge in [0, 0.05) is 24.5 Å². The van der Waals surface area contributed by atoms with E-state index in [1.165, 1.54) is 7.11 Å². The summed E-state index contributed by atoms with van der Waals surface area (Å²) in [6, 6.07) is 3.47. The van der Waals surface area contributed by atoms with Crippen molar-refractivity contribution in [3.63, 3.8) is 0 Å². The molecule has 2 N–H and O–H groups in total. The van der Waals surface area contributed by atoms with Gasteiger partial charge in [-0.2, -0.15) is 0 Å². The van der Waals surface area contributed by atoms with Crippen LogP contribution in [-0.2, 0) is 9.53 Å². The Hall–Kier alpha value is -1.78. The van der Waals surface area contributed by atoms with Gasteiger partial charge >= 0.3 is 5.97 Å². The summed E-state index contributed by atoms with van der Waals surface area (Å²) in [5.41, 5.74) is 6.60. The van der Waals surface area contributed by atoms with Crippen molar-refractivity contribution in [3.8, 4) is 0 Å². The second-order valence-corrected chi connectivity index (χ2v) is 4.17. The van der Waals surface area contributed by atoms with Gasteiger partial charge in [-0.25, -0.2) is 9.78 Å². The Bertz CT molecular complexity index is 408. The molecule has 5 heteroatoms. The average molecular weight is 235 g/mol. The number of carbonyl (C=O) groups excluding carboxylic acids is 1. The van der Waals surface area contributed by atoms with Crippen LogP contribution in [-0.4, -0.2) is 30.6 Å². The minimum atomic E-state index is -0.199. The van der Waals surface area contributed by atoms with E-state index >= 15 is 0 Å². The molecule has 0 radical (unpaired) electrons. The van der Waals surface area contributed by atoms with Gasteiger partial charge in [0.15, 0.2) is 0 Å². The van der Waals surface area contributed by atoms with E-state index in [9.17, 15) is 4.79 Å². The van der Waals surface area contributed by atoms with Crippen LogP contribution in [0.15, 0.2) is 18.3 Å². The molecular weight excluding hydrogens is 218 g/mol. The van der Waals surface area contributed by atoms with Gasteiger partial charge in [0.2, 0.25) is 0 Å². The Labute approximate surface area is 101 Å². The number of esters is 1. The van der Waals surface area contributed by atoms with Crippen molar-refractivity contribution < 1.29 is 9.53 Å². The maximum Gasteiger partial charge on any atom is 0.328 e. The summed E-state index contributed by atoms with van der Waals surface area (Å²) in [7, 11) is 1.43. The molecule has 0 aromatic carbocycles. The van der Waals surface area contributed by atoms with E-state index in [-0.39, 0.29) is 12.0 Å². The number of aromatic nitrogens is 1. The van der Waals surface area contributed by atoms with E-state index in [4.69, 9.17) is 10.5 Å². The van der Waals surface area contributed by atoms with Crippen LogP contribution in [0.2, 0.25) is 0 Å². The highest BCUT2D eigenvalue weighted by molar-refractivity contribution is 5.80. The third-order valence-corrected chi connectivity index (χ3v) is 3.07. The second-order valence-electron chi connectivity index (χ2n) is 4.17. The highest BCUT2D eigenvalue weighted by Crippen LogP contribution is 2.25. The zero-order valence-electron chi connectivity index (χ0n) is 9.93. The fourth-order valence-electron chi connectivity index (χ4n) is 2.24. The Morgan fingerprint density at radius 3 is 3.12 bits per heavy atom. The summed E-state index contributed by atoms with van der Waals surface area (Å²) in [4.78, 5) is 17.7. The first-order chi connectivity index (χ1) is 8.22. The lowest BCUT2D eigenvalue weighted by Gasteiger charge is -2.35. The first-order valence-corrected chi connectivity index (χ1v) is 5.78. The molecule has 1 atom stereocenters. The molecule has 0 spiro atoms. The molecule has 0 saturated carbocycles. The molecule has 17 heavy (non-hydrogen) atoms. The number of nitrogen functional groups attached to an aromatic ring is 1. The average Bonchev–Trinajstić information content (AvgIpc) is 2.38. The quantitative estimate of drug-likeness (QED) is 0.780. The normalized spacial score (nSPS) is 20.1. The van der Waals surface area contributed by atoms with E-state index in [1.807, 2.05) is 11.0 Å². The molecule has 1 aromatic heterocycles. The Balaban J connectivity index is 2.24. The third-order valence-electron chi connectivity index (χ3n) is 3.07. The lowest BCUT2D eigenvalue weighted by Crippen LogP contribution is -2.45. The number of hydrogen-bond acceptors (Lipinski definition) is 5. The van der Waals surface area contributed by atoms with E-state index in [2.05, 4.69) is 4.98 Å². The van der Waals surface area contributed by atoms with Crippen molar-refractivity contribution in [1.29, 1.82) is 0 Å². The first kappa shape index (κ1) is 11.7. The molecule has 1 fully saturated rings. The Kier molecular flexibility index (Phi) is 3.46. The largest absolute Gasteiger partial charge is 0.467 e. The van der Waals surface area contributed by atoms with Gasteiger partial charge in [-0.05, 0) is 25.3 Å². The van der Waals surface area contributed by atoms with Gasteiger partial charge < -0.3 is 15.4 Å². The summed E-state index contributed by atoms with van der Waals surface area (Å²) >= 11 is 0. The van der Waals surface area contributed by atoms with Crippen molar-refractivity contribution in [1.82, 2.24) is 4.98 Å². The van der Waals surface area contributed by atoms with E-state index < -0.39 is 0 Å². The highest BCUT2D eigenvalue weighted by atomic mass is 16.5. The fourth-order valence-corrected chi connectivity index (χ4v) is 2.24. The smallest absolute Gasteiger partial charge is 0.328 e. The zero-order valence-corrected chi connectivity index (χ0v) is 9.93. The molecule has 2 heterocycles. The van der Waals surface area contributed by atoms with E-state index in [0.717, 1.165) is 31.5 Å². The van der Waals surface area contributed by atoms with Gasteiger partial charge in [-0.1, -0.05) is 0 Å². The van der Waals surface area contributed by atoms with Crippen LogP contribution in [0.5, 0.6) is 0 Å². The van der Waals surface area contributed by atoms with Gasteiger partial charge in [0.1, 0.15) is 11.9 Å². The molecule has 5 nitrogen and oxygen atoms in total. The van der Waals surface area contributed by atoms with Crippen LogP contribution in [0.25, 0.3) is 0 Å². The summed E-state index contributed by atoms with van der Waals surface area (Å²) in [6.07, 6.45) is 4.62. The molecule has 0 amide bonds. The predicted octanol–water partition coefficient (Wildman–Crippen LogP) is 1.20. The lowest BCUT2D eigenvalue weighted by atomic mass is 10.0. The number of pyridine rings is 1. The molecule has 1 saturated heterocycles. The van der Waals surface area contributed by atoms with Gasteiger partial charge in [0.05, 0.1) is 7.11 Å². The van der Waals surface area contributed by atoms with Crippen molar-refractivity contribution in [2.24, 2.45) is 0 Å². The monoisotopic (exact) mass is 235 g/mol. The maximum absolute atomic E-state index is 11.7. The number of hydrogen-bond donors (Lipinski definition) is 1. The number of rotatable bonds is 2. The summed E-state index contributed by atoms with van der Waals surface area (Å²) in [5, 5.41) is 0. The third kappa shape index (κ3) is 2.49. The number of methoxy groups -OCH3 is 1. The summed E-state index contributed by atoms with van der Waals surface area (Å²) < 4.78 is 4.84. The predicted molar refractivity (Wildman–Crippen MR) is 65.7 cm³/mol. The molecule has 1 unspecified atom stereocenters. The Morgan fingerprint density at radius 2 is 2.41 bits per heavy atom. The second kappa shape index (κ2) is 5.03. The number of piperidine rings is 1. The molecule has 0 bridgehead atoms. The molecule has 0 aliphatic carbocycles. The number of nitrogens with zero attached hydrogens (tertiary/aromatic N) is 2. The van der Waals surface area contributed by atoms with Crippen molar-refractivity contribution in [3.05, 3.63) is 18.3 Å². The topological polar surface area (TPSA) is 68.5 Å². The van der Waals surface area contributed by atoms with Gasteiger partial charge in [-0.15, -0.1) is 0 Å². The van der Waals surface area contributed by atoms with Crippen LogP contribution in [0.3, 0.4) is 0 Å². The summed E-state index contributed by atoms with van der Waals surface area (Å²) in [5.74, 6) is 0.289. The minimum absolute atomic E-state index is 0.180. The van der Waals surface area contributed by atoms with E-state index in [0.29, 0.717) is 5.82 Å². The Morgan fingerprint density at radius 1 is 1.59 bits per heavy atom.